The molecule has 3 rings (SSSR count). The Labute approximate surface area is 114 Å². The van der Waals surface area contributed by atoms with Crippen molar-refractivity contribution in [3.05, 3.63) is 30.1 Å². The van der Waals surface area contributed by atoms with Gasteiger partial charge in [0.05, 0.1) is 0 Å². The van der Waals surface area contributed by atoms with E-state index >= 15 is 0 Å². The zero-order valence-corrected chi connectivity index (χ0v) is 11.2. The third-order valence-corrected chi connectivity index (χ3v) is 4.02. The molecule has 0 spiro atoms. The fourth-order valence-electron chi connectivity index (χ4n) is 2.51. The van der Waals surface area contributed by atoms with Crippen LogP contribution in [0.15, 0.2) is 24.5 Å². The van der Waals surface area contributed by atoms with E-state index in [0.29, 0.717) is 24.9 Å². The standard InChI is InChI=1S/C15H21N3O/c16-14(12-3-4-12)8-15(19)18(13-5-6-13)10-11-2-1-7-17-9-11/h1-2,7,9,12-14H,3-6,8,10,16H2. The summed E-state index contributed by atoms with van der Waals surface area (Å²) in [5.74, 6) is 0.800. The first-order valence-electron chi connectivity index (χ1n) is 7.18. The van der Waals surface area contributed by atoms with Gasteiger partial charge in [-0.1, -0.05) is 6.07 Å². The molecule has 1 aromatic heterocycles. The average molecular weight is 259 g/mol. The minimum atomic E-state index is 0.0580. The van der Waals surface area contributed by atoms with E-state index in [1.807, 2.05) is 23.2 Å². The predicted molar refractivity (Wildman–Crippen MR) is 73.1 cm³/mol. The lowest BCUT2D eigenvalue weighted by Crippen LogP contribution is -2.37. The Morgan fingerprint density at radius 2 is 2.21 bits per heavy atom. The number of nitrogens with two attached hydrogens (primary N) is 1. The van der Waals surface area contributed by atoms with Gasteiger partial charge in [0.2, 0.25) is 5.91 Å². The second-order valence-electron chi connectivity index (χ2n) is 5.82. The summed E-state index contributed by atoms with van der Waals surface area (Å²) in [6.45, 7) is 0.675. The molecular formula is C15H21N3O. The van der Waals surface area contributed by atoms with Crippen LogP contribution in [0.2, 0.25) is 0 Å². The summed E-state index contributed by atoms with van der Waals surface area (Å²) in [7, 11) is 0. The van der Waals surface area contributed by atoms with Gasteiger partial charge >= 0.3 is 0 Å². The van der Waals surface area contributed by atoms with Crippen LogP contribution in [0.4, 0.5) is 0 Å². The van der Waals surface area contributed by atoms with Crippen LogP contribution in [-0.2, 0) is 11.3 Å². The molecule has 2 N–H and O–H groups in total. The lowest BCUT2D eigenvalue weighted by Gasteiger charge is -2.24. The third kappa shape index (κ3) is 3.32. The molecule has 1 amide bonds. The van der Waals surface area contributed by atoms with Crippen LogP contribution in [0, 0.1) is 5.92 Å². The lowest BCUT2D eigenvalue weighted by molar-refractivity contribution is -0.132. The Kier molecular flexibility index (Phi) is 3.51. The van der Waals surface area contributed by atoms with Crippen LogP contribution in [-0.4, -0.2) is 27.9 Å². The van der Waals surface area contributed by atoms with E-state index in [0.717, 1.165) is 18.4 Å². The second kappa shape index (κ2) is 5.29. The topological polar surface area (TPSA) is 59.2 Å². The minimum absolute atomic E-state index is 0.0580. The van der Waals surface area contributed by atoms with Crippen molar-refractivity contribution in [1.82, 2.24) is 9.88 Å². The molecule has 1 atom stereocenters. The summed E-state index contributed by atoms with van der Waals surface area (Å²) in [4.78, 5) is 18.5. The zero-order valence-electron chi connectivity index (χ0n) is 11.2. The van der Waals surface area contributed by atoms with Crippen molar-refractivity contribution in [1.29, 1.82) is 0 Å². The molecular weight excluding hydrogens is 238 g/mol. The Morgan fingerprint density at radius 3 is 2.79 bits per heavy atom. The van der Waals surface area contributed by atoms with E-state index in [1.165, 1.54) is 12.8 Å². The molecule has 0 bridgehead atoms. The van der Waals surface area contributed by atoms with Gasteiger partial charge in [0.1, 0.15) is 0 Å². The smallest absolute Gasteiger partial charge is 0.224 e. The van der Waals surface area contributed by atoms with E-state index < -0.39 is 0 Å². The molecule has 102 valence electrons. The molecule has 19 heavy (non-hydrogen) atoms. The van der Waals surface area contributed by atoms with Crippen molar-refractivity contribution in [3.63, 3.8) is 0 Å². The zero-order chi connectivity index (χ0) is 13.2. The number of nitrogens with zero attached hydrogens (tertiary/aromatic N) is 2. The maximum absolute atomic E-state index is 12.4. The third-order valence-electron chi connectivity index (χ3n) is 4.02. The summed E-state index contributed by atoms with van der Waals surface area (Å²) >= 11 is 0. The van der Waals surface area contributed by atoms with Gasteiger partial charge in [-0.15, -0.1) is 0 Å². The molecule has 2 saturated carbocycles. The molecule has 2 fully saturated rings. The van der Waals surface area contributed by atoms with Crippen LogP contribution in [0.5, 0.6) is 0 Å². The highest BCUT2D eigenvalue weighted by Crippen LogP contribution is 2.34. The maximum Gasteiger partial charge on any atom is 0.224 e. The van der Waals surface area contributed by atoms with E-state index in [2.05, 4.69) is 4.98 Å². The molecule has 0 aromatic carbocycles. The number of hydrogen-bond acceptors (Lipinski definition) is 3. The largest absolute Gasteiger partial charge is 0.335 e. The van der Waals surface area contributed by atoms with Gasteiger partial charge in [0.25, 0.3) is 0 Å². The Hall–Kier alpha value is -1.42. The number of carbonyl (C=O) groups excluding carboxylic acids is 1. The molecule has 1 heterocycles. The first-order chi connectivity index (χ1) is 9.24. The van der Waals surface area contributed by atoms with Crippen LogP contribution in [0.25, 0.3) is 0 Å². The number of amides is 1. The monoisotopic (exact) mass is 259 g/mol. The van der Waals surface area contributed by atoms with Gasteiger partial charge in [-0.2, -0.15) is 0 Å². The van der Waals surface area contributed by atoms with Gasteiger partial charge in [0.15, 0.2) is 0 Å². The summed E-state index contributed by atoms with van der Waals surface area (Å²) in [5, 5.41) is 0. The first kappa shape index (κ1) is 12.6. The van der Waals surface area contributed by atoms with Crippen LogP contribution < -0.4 is 5.73 Å². The van der Waals surface area contributed by atoms with Crippen molar-refractivity contribution < 1.29 is 4.79 Å². The highest BCUT2D eigenvalue weighted by Gasteiger charge is 2.35. The van der Waals surface area contributed by atoms with E-state index in [-0.39, 0.29) is 11.9 Å². The molecule has 1 aromatic rings. The normalized spacial score (nSPS) is 20.1. The quantitative estimate of drug-likeness (QED) is 0.846. The van der Waals surface area contributed by atoms with Gasteiger partial charge < -0.3 is 10.6 Å². The lowest BCUT2D eigenvalue weighted by atomic mass is 10.1. The fourth-order valence-corrected chi connectivity index (χ4v) is 2.51. The summed E-state index contributed by atoms with van der Waals surface area (Å²) in [6, 6.07) is 4.43. The molecule has 2 aliphatic carbocycles. The first-order valence-corrected chi connectivity index (χ1v) is 7.18. The van der Waals surface area contributed by atoms with Crippen molar-refractivity contribution in [2.24, 2.45) is 11.7 Å². The van der Waals surface area contributed by atoms with Crippen molar-refractivity contribution >= 4 is 5.91 Å². The van der Waals surface area contributed by atoms with Gasteiger partial charge in [0, 0.05) is 37.4 Å². The highest BCUT2D eigenvalue weighted by molar-refractivity contribution is 5.77. The number of pyridine rings is 1. The SMILES string of the molecule is NC(CC(=O)N(Cc1cccnc1)C1CC1)C1CC1. The summed E-state index contributed by atoms with van der Waals surface area (Å²) < 4.78 is 0. The van der Waals surface area contributed by atoms with Gasteiger partial charge in [-0.3, -0.25) is 9.78 Å². The van der Waals surface area contributed by atoms with E-state index in [4.69, 9.17) is 5.73 Å². The second-order valence-corrected chi connectivity index (χ2v) is 5.82. The average Bonchev–Trinajstić information content (AvgIpc) is 3.30. The van der Waals surface area contributed by atoms with Crippen LogP contribution in [0.3, 0.4) is 0 Å². The number of rotatable bonds is 6. The molecule has 0 saturated heterocycles. The molecule has 1 unspecified atom stereocenters. The Morgan fingerprint density at radius 1 is 1.42 bits per heavy atom. The van der Waals surface area contributed by atoms with Crippen LogP contribution >= 0.6 is 0 Å². The maximum atomic E-state index is 12.4. The summed E-state index contributed by atoms with van der Waals surface area (Å²) in [6.07, 6.45) is 8.75. The molecule has 0 aliphatic heterocycles. The summed E-state index contributed by atoms with van der Waals surface area (Å²) in [5.41, 5.74) is 7.17. The van der Waals surface area contributed by atoms with Crippen molar-refractivity contribution in [3.8, 4) is 0 Å². The molecule has 4 nitrogen and oxygen atoms in total. The van der Waals surface area contributed by atoms with E-state index in [1.54, 1.807) is 6.20 Å². The van der Waals surface area contributed by atoms with Crippen LogP contribution in [0.1, 0.15) is 37.7 Å². The number of hydrogen-bond donors (Lipinski definition) is 1. The number of carbonyl (C=O) groups is 1. The Balaban J connectivity index is 1.61. The van der Waals surface area contributed by atoms with Crippen molar-refractivity contribution in [2.45, 2.75) is 50.7 Å². The van der Waals surface area contributed by atoms with Gasteiger partial charge in [-0.25, -0.2) is 0 Å². The van der Waals surface area contributed by atoms with Gasteiger partial charge in [-0.05, 0) is 43.2 Å². The molecule has 0 radical (unpaired) electrons. The molecule has 2 aliphatic rings. The molecule has 4 heteroatoms. The number of aromatic nitrogens is 1. The fraction of sp³-hybridized carbons (Fsp3) is 0.600. The predicted octanol–water partition coefficient (Wildman–Crippen LogP) is 1.70. The minimum Gasteiger partial charge on any atom is -0.335 e. The van der Waals surface area contributed by atoms with E-state index in [9.17, 15) is 4.79 Å². The highest BCUT2D eigenvalue weighted by atomic mass is 16.2. The van der Waals surface area contributed by atoms with Crippen molar-refractivity contribution in [2.75, 3.05) is 0 Å². The Bertz CT molecular complexity index is 440.